The quantitative estimate of drug-likeness (QED) is 0.750. The molecule has 1 fully saturated rings. The topological polar surface area (TPSA) is 77.5 Å². The van der Waals surface area contributed by atoms with Gasteiger partial charge in [0.05, 0.1) is 13.2 Å². The number of hydrogen-bond donors (Lipinski definition) is 1. The number of benzene rings is 1. The van der Waals surface area contributed by atoms with Crippen LogP contribution in [-0.2, 0) is 14.3 Å². The smallest absolute Gasteiger partial charge is 0.332 e. The number of fused-ring (bicyclic) bond motifs is 1. The fraction of sp³-hybridized carbons (Fsp3) is 0.611. The van der Waals surface area contributed by atoms with Gasteiger partial charge < -0.3 is 24.1 Å². The minimum atomic E-state index is -1.38. The normalized spacial score (nSPS) is 21.7. The summed E-state index contributed by atoms with van der Waals surface area (Å²) >= 11 is 0. The summed E-state index contributed by atoms with van der Waals surface area (Å²) in [6.07, 6.45) is 0.251. The van der Waals surface area contributed by atoms with E-state index in [1.807, 2.05) is 24.0 Å². The van der Waals surface area contributed by atoms with Gasteiger partial charge in [0.25, 0.3) is 5.79 Å². The highest BCUT2D eigenvalue weighted by Gasteiger charge is 2.64. The first kappa shape index (κ1) is 18.0. The van der Waals surface area contributed by atoms with E-state index in [-0.39, 0.29) is 6.42 Å². The van der Waals surface area contributed by atoms with E-state index in [2.05, 4.69) is 0 Å². The Balaban J connectivity index is 1.98. The van der Waals surface area contributed by atoms with Gasteiger partial charge in [-0.25, -0.2) is 4.79 Å². The minimum absolute atomic E-state index is 0.251. The van der Waals surface area contributed by atoms with Crippen molar-refractivity contribution in [2.75, 3.05) is 39.5 Å². The van der Waals surface area contributed by atoms with E-state index >= 15 is 0 Å². The Kier molecular flexibility index (Phi) is 5.17. The van der Waals surface area contributed by atoms with Crippen molar-refractivity contribution >= 4 is 5.97 Å². The summed E-state index contributed by atoms with van der Waals surface area (Å²) in [5.74, 6) is -1.23. The molecule has 1 unspecified atom stereocenters. The number of hydrogen-bond acceptors (Lipinski definition) is 6. The molecule has 3 rings (SSSR count). The fourth-order valence-corrected chi connectivity index (χ4v) is 3.65. The molecule has 7 nitrogen and oxygen atoms in total. The molecular weight excluding hydrogens is 326 g/mol. The molecule has 0 bridgehead atoms. The van der Waals surface area contributed by atoms with Crippen LogP contribution in [0.4, 0.5) is 0 Å². The highest BCUT2D eigenvalue weighted by molar-refractivity contribution is 5.81. The largest absolute Gasteiger partial charge is 0.480 e. The van der Waals surface area contributed by atoms with Gasteiger partial charge >= 0.3 is 5.97 Å². The summed E-state index contributed by atoms with van der Waals surface area (Å²) in [5.41, 5.74) is -1.38. The highest BCUT2D eigenvalue weighted by Crippen LogP contribution is 2.47. The molecule has 0 saturated carbocycles. The molecule has 138 valence electrons. The summed E-state index contributed by atoms with van der Waals surface area (Å²) in [5, 5.41) is 10.3. The van der Waals surface area contributed by atoms with Crippen LogP contribution in [0, 0.1) is 0 Å². The molecule has 1 aromatic carbocycles. The molecule has 0 aromatic heterocycles. The Bertz CT molecular complexity index is 590. The number of rotatable bonds is 7. The van der Waals surface area contributed by atoms with E-state index in [1.54, 1.807) is 19.1 Å². The lowest BCUT2D eigenvalue weighted by Gasteiger charge is -2.48. The Morgan fingerprint density at radius 2 is 1.88 bits per heavy atom. The third-order valence-electron chi connectivity index (χ3n) is 4.93. The van der Waals surface area contributed by atoms with Crippen LogP contribution in [0.25, 0.3) is 0 Å². The second kappa shape index (κ2) is 7.19. The maximum atomic E-state index is 12.6. The van der Waals surface area contributed by atoms with Gasteiger partial charge in [-0.3, -0.25) is 4.90 Å². The van der Waals surface area contributed by atoms with Crippen LogP contribution in [-0.4, -0.2) is 66.8 Å². The average Bonchev–Trinajstić information content (AvgIpc) is 2.96. The lowest BCUT2D eigenvalue weighted by Crippen LogP contribution is -2.72. The van der Waals surface area contributed by atoms with E-state index in [0.29, 0.717) is 51.0 Å². The molecular formula is C18H25NO6. The van der Waals surface area contributed by atoms with E-state index in [0.717, 1.165) is 0 Å². The third kappa shape index (κ3) is 3.07. The molecule has 0 spiro atoms. The van der Waals surface area contributed by atoms with Crippen molar-refractivity contribution in [3.63, 3.8) is 0 Å². The molecule has 2 heterocycles. The van der Waals surface area contributed by atoms with E-state index in [9.17, 15) is 9.90 Å². The van der Waals surface area contributed by atoms with Crippen LogP contribution < -0.4 is 9.47 Å². The predicted molar refractivity (Wildman–Crippen MR) is 90.0 cm³/mol. The van der Waals surface area contributed by atoms with Crippen LogP contribution in [0.1, 0.15) is 20.3 Å². The van der Waals surface area contributed by atoms with Gasteiger partial charge in [0, 0.05) is 39.6 Å². The number of morpholine rings is 1. The monoisotopic (exact) mass is 351 g/mol. The van der Waals surface area contributed by atoms with Crippen molar-refractivity contribution in [1.29, 1.82) is 0 Å². The lowest BCUT2D eigenvalue weighted by molar-refractivity contribution is -0.214. The zero-order chi connectivity index (χ0) is 17.9. The van der Waals surface area contributed by atoms with E-state index in [4.69, 9.17) is 18.9 Å². The first-order valence-electron chi connectivity index (χ1n) is 8.64. The zero-order valence-electron chi connectivity index (χ0n) is 14.7. The van der Waals surface area contributed by atoms with Crippen molar-refractivity contribution < 1.29 is 28.8 Å². The number of carbonyl (C=O) groups is 1. The summed E-state index contributed by atoms with van der Waals surface area (Å²) in [6, 6.07) is 7.25. The highest BCUT2D eigenvalue weighted by atomic mass is 16.7. The molecule has 1 aromatic rings. The van der Waals surface area contributed by atoms with E-state index < -0.39 is 17.3 Å². The molecule has 1 atom stereocenters. The first-order chi connectivity index (χ1) is 12.0. The van der Waals surface area contributed by atoms with Gasteiger partial charge in [-0.15, -0.1) is 0 Å². The van der Waals surface area contributed by atoms with Crippen molar-refractivity contribution in [2.24, 2.45) is 0 Å². The van der Waals surface area contributed by atoms with Crippen molar-refractivity contribution in [3.8, 4) is 11.5 Å². The Labute approximate surface area is 147 Å². The van der Waals surface area contributed by atoms with Crippen LogP contribution in [0.5, 0.6) is 11.5 Å². The Morgan fingerprint density at radius 1 is 1.28 bits per heavy atom. The number of carboxylic acids is 1. The van der Waals surface area contributed by atoms with Gasteiger partial charge in [0.2, 0.25) is 0 Å². The van der Waals surface area contributed by atoms with Gasteiger partial charge in [-0.05, 0) is 19.1 Å². The second-order valence-electron chi connectivity index (χ2n) is 6.31. The Hall–Kier alpha value is -1.83. The van der Waals surface area contributed by atoms with Crippen molar-refractivity contribution in [2.45, 2.75) is 31.6 Å². The average molecular weight is 351 g/mol. The number of nitrogens with zero attached hydrogens (tertiary/aromatic N) is 1. The molecule has 1 saturated heterocycles. The molecule has 0 aliphatic carbocycles. The fourth-order valence-electron chi connectivity index (χ4n) is 3.65. The predicted octanol–water partition coefficient (Wildman–Crippen LogP) is 1.76. The summed E-state index contributed by atoms with van der Waals surface area (Å²) in [7, 11) is 0. The maximum Gasteiger partial charge on any atom is 0.332 e. The SMILES string of the molecule is CCOCCC(C(=O)O)(N1CCOCC1)C1(C)Oc2ccccc2O1. The maximum absolute atomic E-state index is 12.6. The lowest BCUT2D eigenvalue weighted by atomic mass is 9.83. The van der Waals surface area contributed by atoms with E-state index in [1.165, 1.54) is 0 Å². The summed E-state index contributed by atoms with van der Waals surface area (Å²) in [4.78, 5) is 14.5. The van der Waals surface area contributed by atoms with Crippen molar-refractivity contribution in [3.05, 3.63) is 24.3 Å². The number of ether oxygens (including phenoxy) is 4. The molecule has 2 aliphatic rings. The number of aliphatic carboxylic acids is 1. The zero-order valence-corrected chi connectivity index (χ0v) is 14.7. The number of para-hydroxylation sites is 2. The minimum Gasteiger partial charge on any atom is -0.480 e. The van der Waals surface area contributed by atoms with Gasteiger partial charge in [-0.1, -0.05) is 12.1 Å². The summed E-state index contributed by atoms with van der Waals surface area (Å²) in [6.45, 7) is 6.36. The van der Waals surface area contributed by atoms with Crippen LogP contribution in [0.3, 0.4) is 0 Å². The second-order valence-corrected chi connectivity index (χ2v) is 6.31. The van der Waals surface area contributed by atoms with Gasteiger partial charge in [0.15, 0.2) is 17.0 Å². The third-order valence-corrected chi connectivity index (χ3v) is 4.93. The van der Waals surface area contributed by atoms with Crippen LogP contribution in [0.15, 0.2) is 24.3 Å². The standard InChI is InChI=1S/C18H25NO6/c1-3-22-11-8-18(16(20)21,19-9-12-23-13-10-19)17(2)24-14-6-4-5-7-15(14)25-17/h4-7H,3,8-13H2,1-2H3,(H,20,21). The molecule has 7 heteroatoms. The first-order valence-corrected chi connectivity index (χ1v) is 8.64. The summed E-state index contributed by atoms with van der Waals surface area (Å²) < 4.78 is 23.0. The van der Waals surface area contributed by atoms with Crippen LogP contribution in [0.2, 0.25) is 0 Å². The number of carboxylic acid groups (broad SMARTS) is 1. The van der Waals surface area contributed by atoms with Crippen molar-refractivity contribution in [1.82, 2.24) is 4.90 Å². The Morgan fingerprint density at radius 3 is 2.40 bits per heavy atom. The molecule has 1 N–H and O–H groups in total. The molecule has 25 heavy (non-hydrogen) atoms. The molecule has 0 amide bonds. The van der Waals surface area contributed by atoms with Gasteiger partial charge in [0.1, 0.15) is 0 Å². The molecule has 2 aliphatic heterocycles. The van der Waals surface area contributed by atoms with Crippen LogP contribution >= 0.6 is 0 Å². The van der Waals surface area contributed by atoms with Gasteiger partial charge in [-0.2, -0.15) is 0 Å². The molecule has 0 radical (unpaired) electrons.